The smallest absolute Gasteiger partial charge is 0.222 e. The van der Waals surface area contributed by atoms with E-state index in [9.17, 15) is 19.2 Å². The Bertz CT molecular complexity index is 575. The molecule has 0 aromatic heterocycles. The zero-order chi connectivity index (χ0) is 23.5. The maximum atomic E-state index is 12.0. The van der Waals surface area contributed by atoms with Crippen molar-refractivity contribution in [2.45, 2.75) is 39.3 Å². The second-order valence-electron chi connectivity index (χ2n) is 7.46. The van der Waals surface area contributed by atoms with Gasteiger partial charge in [-0.2, -0.15) is 16.6 Å². The quantitative estimate of drug-likeness (QED) is 0.0382. The van der Waals surface area contributed by atoms with E-state index in [1.54, 1.807) is 25.2 Å². The fourth-order valence-electron chi connectivity index (χ4n) is 2.09. The largest absolute Gasteiger partial charge is 0.369 e. The molecule has 2 amide bonds. The van der Waals surface area contributed by atoms with Crippen LogP contribution in [0.1, 0.15) is 26.7 Å². The molecule has 0 aromatic carbocycles. The monoisotopic (exact) mass is 493 g/mol. The van der Waals surface area contributed by atoms with Crippen LogP contribution in [0.25, 0.3) is 0 Å². The number of hydrogen-bond acceptors (Lipinski definition) is 9. The fraction of sp³-hybridized carbons (Fsp3) is 0.737. The van der Waals surface area contributed by atoms with Crippen molar-refractivity contribution in [2.75, 3.05) is 36.3 Å². The van der Waals surface area contributed by atoms with Gasteiger partial charge in [-0.05, 0) is 24.6 Å². The third-order valence-electron chi connectivity index (χ3n) is 4.40. The summed E-state index contributed by atoms with van der Waals surface area (Å²) in [5.74, 6) is 3.49. The number of aliphatic imine (C=N–C) groups is 1. The summed E-state index contributed by atoms with van der Waals surface area (Å²) >= 11 is 3.10. The van der Waals surface area contributed by atoms with Gasteiger partial charge in [-0.15, -0.1) is 11.8 Å². The van der Waals surface area contributed by atoms with E-state index in [1.165, 1.54) is 18.2 Å². The highest BCUT2D eigenvalue weighted by atomic mass is 32.2. The van der Waals surface area contributed by atoms with E-state index in [4.69, 9.17) is 15.5 Å². The topological polar surface area (TPSA) is 137 Å². The molecule has 178 valence electrons. The third-order valence-corrected chi connectivity index (χ3v) is 8.92. The van der Waals surface area contributed by atoms with E-state index in [2.05, 4.69) is 10.3 Å². The molecule has 2 unspecified atom stereocenters. The molecule has 0 spiro atoms. The van der Waals surface area contributed by atoms with E-state index >= 15 is 0 Å². The van der Waals surface area contributed by atoms with Gasteiger partial charge in [0.2, 0.25) is 18.2 Å². The Kier molecular flexibility index (Phi) is 17.4. The van der Waals surface area contributed by atoms with Crippen LogP contribution in [-0.4, -0.2) is 74.4 Å². The summed E-state index contributed by atoms with van der Waals surface area (Å²) in [6, 6.07) is 0.577. The number of nitrogens with two attached hydrogens (primary N) is 1. The Labute approximate surface area is 194 Å². The lowest BCUT2D eigenvalue weighted by atomic mass is 10.1. The first-order valence-electron chi connectivity index (χ1n) is 10.2. The second kappa shape index (κ2) is 18.2. The molecule has 3 N–H and O–H groups in total. The van der Waals surface area contributed by atoms with Crippen molar-refractivity contribution in [2.24, 2.45) is 22.6 Å². The van der Waals surface area contributed by atoms with Crippen molar-refractivity contribution in [3.63, 3.8) is 0 Å². The van der Waals surface area contributed by atoms with Crippen molar-refractivity contribution in [3.05, 3.63) is 0 Å². The summed E-state index contributed by atoms with van der Waals surface area (Å²) in [7, 11) is -2.38. The maximum Gasteiger partial charge on any atom is 0.222 e. The van der Waals surface area contributed by atoms with E-state index < -0.39 is 8.07 Å². The third kappa shape index (κ3) is 16.0. The molecule has 0 fully saturated rings. The number of hydrogen-bond donors (Lipinski definition) is 2. The Morgan fingerprint density at radius 3 is 2.52 bits per heavy atom. The molecule has 0 aromatic rings. The lowest BCUT2D eigenvalue weighted by Crippen LogP contribution is -2.35. The van der Waals surface area contributed by atoms with Crippen LogP contribution in [0.15, 0.2) is 4.99 Å². The molecule has 0 rings (SSSR count). The Morgan fingerprint density at radius 1 is 1.16 bits per heavy atom. The van der Waals surface area contributed by atoms with Crippen LogP contribution in [0.5, 0.6) is 0 Å². The average Bonchev–Trinajstić information content (AvgIpc) is 2.76. The molecule has 12 heteroatoms. The Hall–Kier alpha value is -1.37. The van der Waals surface area contributed by atoms with Crippen molar-refractivity contribution < 1.29 is 29.0 Å². The van der Waals surface area contributed by atoms with Crippen LogP contribution in [0.3, 0.4) is 0 Å². The number of thioether (sulfide) groups is 2. The average molecular weight is 494 g/mol. The van der Waals surface area contributed by atoms with Gasteiger partial charge in [-0.1, -0.05) is 20.4 Å². The van der Waals surface area contributed by atoms with Crippen molar-refractivity contribution >= 4 is 61.6 Å². The van der Waals surface area contributed by atoms with E-state index in [0.717, 1.165) is 29.7 Å². The molecular formula is C19H35N3O6S2Si. The zero-order valence-corrected chi connectivity index (χ0v) is 21.2. The van der Waals surface area contributed by atoms with Gasteiger partial charge in [-0.3, -0.25) is 14.6 Å². The van der Waals surface area contributed by atoms with Gasteiger partial charge < -0.3 is 25.5 Å². The van der Waals surface area contributed by atoms with E-state index in [1.807, 2.05) is 6.92 Å². The van der Waals surface area contributed by atoms with Crippen LogP contribution in [0.4, 0.5) is 0 Å². The molecule has 0 heterocycles. The van der Waals surface area contributed by atoms with Crippen LogP contribution in [0.2, 0.25) is 12.6 Å². The molecule has 9 nitrogen and oxygen atoms in total. The molecule has 0 aliphatic carbocycles. The molecule has 0 bridgehead atoms. The number of amides is 2. The van der Waals surface area contributed by atoms with Gasteiger partial charge in [0.05, 0.1) is 0 Å². The van der Waals surface area contributed by atoms with E-state index in [0.29, 0.717) is 37.2 Å². The van der Waals surface area contributed by atoms with Crippen LogP contribution in [-0.2, 0) is 29.0 Å². The molecule has 0 aliphatic rings. The summed E-state index contributed by atoms with van der Waals surface area (Å²) in [6.45, 7) is 6.43. The minimum atomic E-state index is -2.38. The maximum absolute atomic E-state index is 12.0. The highest BCUT2D eigenvalue weighted by molar-refractivity contribution is 7.99. The highest BCUT2D eigenvalue weighted by Crippen LogP contribution is 2.11. The first-order chi connectivity index (χ1) is 14.8. The highest BCUT2D eigenvalue weighted by Gasteiger charge is 2.25. The zero-order valence-electron chi connectivity index (χ0n) is 18.5. The molecular weight excluding hydrogens is 458 g/mol. The summed E-state index contributed by atoms with van der Waals surface area (Å²) in [5, 5.41) is 2.89. The Morgan fingerprint density at radius 2 is 1.87 bits per heavy atom. The number of carbonyl (C=O) groups excluding carboxylic acids is 4. The molecule has 2 atom stereocenters. The van der Waals surface area contributed by atoms with Gasteiger partial charge in [0, 0.05) is 36.4 Å². The molecule has 0 radical (unpaired) electrons. The first kappa shape index (κ1) is 29.6. The second-order valence-corrected chi connectivity index (χ2v) is 13.6. The standard InChI is InChI=1S/C19H35N3O6S2Si/c1-16(19(26)22-7-9-29-11-17(2)18(20)25)5-8-30-15-28-27-12-21-6-4-10-31(3,13-23)14-24/h12-14,16-17H,4-11,15H2,1-3H3,(H2,20,25)(H,22,26). The summed E-state index contributed by atoms with van der Waals surface area (Å²) in [4.78, 5) is 58.5. The summed E-state index contributed by atoms with van der Waals surface area (Å²) in [6.07, 6.45) is 2.58. The van der Waals surface area contributed by atoms with Gasteiger partial charge in [0.15, 0.2) is 8.07 Å². The lowest BCUT2D eigenvalue weighted by molar-refractivity contribution is -0.196. The van der Waals surface area contributed by atoms with Gasteiger partial charge in [-0.25, -0.2) is 0 Å². The summed E-state index contributed by atoms with van der Waals surface area (Å²) < 4.78 is 0. The van der Waals surface area contributed by atoms with Gasteiger partial charge >= 0.3 is 0 Å². The number of nitrogens with one attached hydrogen (secondary N) is 1. The lowest BCUT2D eigenvalue weighted by Gasteiger charge is -2.12. The predicted molar refractivity (Wildman–Crippen MR) is 130 cm³/mol. The van der Waals surface area contributed by atoms with Crippen LogP contribution >= 0.6 is 23.5 Å². The number of carbonyl (C=O) groups is 4. The van der Waals surface area contributed by atoms with Gasteiger partial charge in [0.1, 0.15) is 17.8 Å². The van der Waals surface area contributed by atoms with Crippen molar-refractivity contribution in [1.82, 2.24) is 5.32 Å². The van der Waals surface area contributed by atoms with Crippen LogP contribution < -0.4 is 11.1 Å². The van der Waals surface area contributed by atoms with E-state index in [-0.39, 0.29) is 23.7 Å². The normalized spacial score (nSPS) is 13.5. The Balaban J connectivity index is 3.61. The van der Waals surface area contributed by atoms with Crippen LogP contribution in [0, 0.1) is 11.8 Å². The SMILES string of the molecule is CC(CSCCNC(=O)C(C)CCSCOOC=NCCC[Si](C)(C=O)C=O)C(N)=O. The van der Waals surface area contributed by atoms with Crippen molar-refractivity contribution in [3.8, 4) is 0 Å². The minimum Gasteiger partial charge on any atom is -0.369 e. The first-order valence-corrected chi connectivity index (χ1v) is 15.3. The minimum absolute atomic E-state index is 0.0109. The molecule has 0 saturated carbocycles. The molecule has 0 aliphatic heterocycles. The van der Waals surface area contributed by atoms with Crippen molar-refractivity contribution in [1.29, 1.82) is 0 Å². The molecule has 0 saturated heterocycles. The van der Waals surface area contributed by atoms with Gasteiger partial charge in [0.25, 0.3) is 0 Å². The molecule has 31 heavy (non-hydrogen) atoms. The number of rotatable bonds is 20. The predicted octanol–water partition coefficient (Wildman–Crippen LogP) is 1.66. The number of primary amides is 1. The number of nitrogens with zero attached hydrogens (tertiary/aromatic N) is 1. The fourth-order valence-corrected chi connectivity index (χ4v) is 4.99. The summed E-state index contributed by atoms with van der Waals surface area (Å²) in [5.41, 5.74) is 5.20.